The lowest BCUT2D eigenvalue weighted by Crippen LogP contribution is -2.26. The van der Waals surface area contributed by atoms with Gasteiger partial charge in [-0.2, -0.15) is 4.99 Å². The van der Waals surface area contributed by atoms with Crippen LogP contribution in [0.3, 0.4) is 0 Å². The summed E-state index contributed by atoms with van der Waals surface area (Å²) in [5.41, 5.74) is 5.69. The highest BCUT2D eigenvalue weighted by molar-refractivity contribution is 7.07. The molecule has 5 rings (SSSR count). The first kappa shape index (κ1) is 30.7. The molecule has 1 N–H and O–H groups in total. The number of nitrogens with one attached hydrogen (secondary N) is 1. The maximum absolute atomic E-state index is 12.7. The number of benzene rings is 3. The van der Waals surface area contributed by atoms with Crippen molar-refractivity contribution in [1.29, 1.82) is 0 Å². The van der Waals surface area contributed by atoms with E-state index in [2.05, 4.69) is 45.0 Å². The lowest BCUT2D eigenvalue weighted by molar-refractivity contribution is -0.274. The van der Waals surface area contributed by atoms with Crippen LogP contribution < -0.4 is 14.9 Å². The fraction of sp³-hybridized carbons (Fsp3) is 0.250. The van der Waals surface area contributed by atoms with Crippen molar-refractivity contribution in [2.24, 2.45) is 4.99 Å². The molecule has 0 aliphatic rings. The standard InChI is InChI=1S/C32H31F3N6O2S/c1-4-23-7-5-6-8-28(23)41-22(3)19-44-31(41)38-30(42)36-18-17-21(2)24-9-11-25(12-10-24)29-37-20-40(39-29)26-13-15-27(16-14-26)43-32(33,34)35/h5-16,19-21H,4,17-18H2,1-3H3,(H,36,42). The normalized spacial score (nSPS) is 12.7. The molecule has 228 valence electrons. The Kier molecular flexibility index (Phi) is 9.29. The first-order chi connectivity index (χ1) is 21.1. The average molecular weight is 621 g/mol. The number of nitrogens with zero attached hydrogens (tertiary/aromatic N) is 5. The average Bonchev–Trinajstić information content (AvgIpc) is 3.64. The number of aromatic nitrogens is 4. The summed E-state index contributed by atoms with van der Waals surface area (Å²) in [5, 5.41) is 9.37. The Morgan fingerprint density at radius 2 is 1.80 bits per heavy atom. The number of amides is 2. The Hall–Kier alpha value is -4.71. The smallest absolute Gasteiger partial charge is 0.406 e. The van der Waals surface area contributed by atoms with Gasteiger partial charge in [-0.15, -0.1) is 29.6 Å². The molecule has 0 bridgehead atoms. The zero-order valence-corrected chi connectivity index (χ0v) is 25.2. The molecular weight excluding hydrogens is 589 g/mol. The van der Waals surface area contributed by atoms with E-state index in [-0.39, 0.29) is 17.7 Å². The molecule has 0 saturated heterocycles. The monoisotopic (exact) mass is 620 g/mol. The van der Waals surface area contributed by atoms with Crippen LogP contribution in [0, 0.1) is 6.92 Å². The molecule has 1 unspecified atom stereocenters. The van der Waals surface area contributed by atoms with Crippen LogP contribution in [-0.4, -0.2) is 38.3 Å². The Labute approximate surface area is 256 Å². The highest BCUT2D eigenvalue weighted by Crippen LogP contribution is 2.25. The third-order valence-electron chi connectivity index (χ3n) is 7.11. The number of carbonyl (C=O) groups excluding carboxylic acids is 1. The first-order valence-corrected chi connectivity index (χ1v) is 15.0. The second kappa shape index (κ2) is 13.3. The molecule has 0 saturated carbocycles. The number of alkyl halides is 3. The minimum atomic E-state index is -4.75. The summed E-state index contributed by atoms with van der Waals surface area (Å²) in [6.07, 6.45) is -1.64. The fourth-order valence-corrected chi connectivity index (χ4v) is 5.63. The van der Waals surface area contributed by atoms with Crippen molar-refractivity contribution in [2.75, 3.05) is 6.54 Å². The van der Waals surface area contributed by atoms with Gasteiger partial charge in [0.25, 0.3) is 0 Å². The van der Waals surface area contributed by atoms with E-state index in [1.807, 2.05) is 59.3 Å². The van der Waals surface area contributed by atoms with E-state index in [9.17, 15) is 18.0 Å². The molecule has 2 amide bonds. The van der Waals surface area contributed by atoms with Crippen LogP contribution in [0.25, 0.3) is 22.8 Å². The number of thiazole rings is 1. The lowest BCUT2D eigenvalue weighted by Gasteiger charge is -2.12. The summed E-state index contributed by atoms with van der Waals surface area (Å²) in [5.74, 6) is 0.355. The van der Waals surface area contributed by atoms with Gasteiger partial charge in [0.05, 0.1) is 11.4 Å². The van der Waals surface area contributed by atoms with Gasteiger partial charge in [-0.05, 0) is 67.1 Å². The zero-order chi connectivity index (χ0) is 31.3. The largest absolute Gasteiger partial charge is 0.573 e. The predicted molar refractivity (Wildman–Crippen MR) is 163 cm³/mol. The number of hydrogen-bond donors (Lipinski definition) is 1. The van der Waals surface area contributed by atoms with Crippen molar-refractivity contribution >= 4 is 17.4 Å². The highest BCUT2D eigenvalue weighted by Gasteiger charge is 2.31. The Morgan fingerprint density at radius 1 is 1.07 bits per heavy atom. The summed E-state index contributed by atoms with van der Waals surface area (Å²) in [6, 6.07) is 21.0. The molecule has 0 aliphatic heterocycles. The van der Waals surface area contributed by atoms with E-state index < -0.39 is 6.36 Å². The number of para-hydroxylation sites is 1. The molecule has 0 radical (unpaired) electrons. The second-order valence-corrected chi connectivity index (χ2v) is 11.0. The number of ether oxygens (including phenoxy) is 1. The second-order valence-electron chi connectivity index (χ2n) is 10.2. The van der Waals surface area contributed by atoms with Gasteiger partial charge in [-0.25, -0.2) is 14.5 Å². The fourth-order valence-electron chi connectivity index (χ4n) is 4.76. The van der Waals surface area contributed by atoms with Crippen molar-refractivity contribution in [1.82, 2.24) is 24.6 Å². The Balaban J connectivity index is 1.17. The SMILES string of the molecule is CCc1ccccc1-n1c(C)csc1=NC(=O)NCCC(C)c1ccc(-c2ncn(-c3ccc(OC(F)(F)F)cc3)n2)cc1. The maximum atomic E-state index is 12.7. The van der Waals surface area contributed by atoms with Crippen LogP contribution in [0.15, 0.2) is 89.5 Å². The van der Waals surface area contributed by atoms with Crippen molar-refractivity contribution in [3.05, 3.63) is 106 Å². The van der Waals surface area contributed by atoms with Crippen molar-refractivity contribution in [3.63, 3.8) is 0 Å². The number of halogens is 3. The minimum Gasteiger partial charge on any atom is -0.406 e. The number of urea groups is 1. The number of hydrogen-bond acceptors (Lipinski definition) is 5. The highest BCUT2D eigenvalue weighted by atomic mass is 32.1. The molecule has 2 heterocycles. The van der Waals surface area contributed by atoms with Crippen LogP contribution in [0.5, 0.6) is 5.75 Å². The van der Waals surface area contributed by atoms with E-state index >= 15 is 0 Å². The lowest BCUT2D eigenvalue weighted by atomic mass is 9.96. The van der Waals surface area contributed by atoms with Gasteiger partial charge in [0.15, 0.2) is 10.6 Å². The summed E-state index contributed by atoms with van der Waals surface area (Å²) >= 11 is 1.44. The van der Waals surface area contributed by atoms with Crippen LogP contribution >= 0.6 is 11.3 Å². The van der Waals surface area contributed by atoms with Gasteiger partial charge in [0, 0.05) is 23.2 Å². The summed E-state index contributed by atoms with van der Waals surface area (Å²) in [7, 11) is 0. The minimum absolute atomic E-state index is 0.178. The molecule has 12 heteroatoms. The van der Waals surface area contributed by atoms with E-state index in [1.54, 1.807) is 0 Å². The van der Waals surface area contributed by atoms with E-state index in [0.717, 1.165) is 35.3 Å². The molecular formula is C32H31F3N6O2S. The molecule has 2 aromatic heterocycles. The zero-order valence-electron chi connectivity index (χ0n) is 24.4. The molecule has 5 aromatic rings. The third kappa shape index (κ3) is 7.43. The quantitative estimate of drug-likeness (QED) is 0.187. The number of aryl methyl sites for hydroxylation is 2. The van der Waals surface area contributed by atoms with Gasteiger partial charge in [0.1, 0.15) is 12.1 Å². The van der Waals surface area contributed by atoms with Gasteiger partial charge in [-0.1, -0.05) is 56.3 Å². The molecule has 44 heavy (non-hydrogen) atoms. The van der Waals surface area contributed by atoms with Crippen molar-refractivity contribution in [2.45, 2.75) is 45.9 Å². The Morgan fingerprint density at radius 3 is 2.50 bits per heavy atom. The van der Waals surface area contributed by atoms with E-state index in [1.165, 1.54) is 52.2 Å². The number of rotatable bonds is 9. The van der Waals surface area contributed by atoms with E-state index in [4.69, 9.17) is 0 Å². The van der Waals surface area contributed by atoms with Gasteiger partial charge in [0.2, 0.25) is 0 Å². The van der Waals surface area contributed by atoms with Crippen LogP contribution in [0.1, 0.15) is 43.0 Å². The molecule has 0 fully saturated rings. The van der Waals surface area contributed by atoms with Crippen molar-refractivity contribution in [3.8, 4) is 28.5 Å². The van der Waals surface area contributed by atoms with Gasteiger partial charge in [-0.3, -0.25) is 4.57 Å². The third-order valence-corrected chi connectivity index (χ3v) is 8.05. The molecule has 0 spiro atoms. The summed E-state index contributed by atoms with van der Waals surface area (Å²) in [6.45, 7) is 6.68. The van der Waals surface area contributed by atoms with E-state index in [0.29, 0.717) is 22.9 Å². The maximum Gasteiger partial charge on any atom is 0.573 e. The first-order valence-electron chi connectivity index (χ1n) is 14.1. The van der Waals surface area contributed by atoms with Gasteiger partial charge >= 0.3 is 12.4 Å². The summed E-state index contributed by atoms with van der Waals surface area (Å²) in [4.78, 5) is 22.0. The molecule has 3 aromatic carbocycles. The van der Waals surface area contributed by atoms with Gasteiger partial charge < -0.3 is 10.1 Å². The van der Waals surface area contributed by atoms with Crippen LogP contribution in [0.2, 0.25) is 0 Å². The molecule has 8 nitrogen and oxygen atoms in total. The van der Waals surface area contributed by atoms with Crippen LogP contribution in [-0.2, 0) is 6.42 Å². The summed E-state index contributed by atoms with van der Waals surface area (Å²) < 4.78 is 44.7. The van der Waals surface area contributed by atoms with Crippen LogP contribution in [0.4, 0.5) is 18.0 Å². The molecule has 1 atom stereocenters. The topological polar surface area (TPSA) is 86.3 Å². The number of carbonyl (C=O) groups is 1. The predicted octanol–water partition coefficient (Wildman–Crippen LogP) is 7.36. The molecule has 0 aliphatic carbocycles. The van der Waals surface area contributed by atoms with Crippen molar-refractivity contribution < 1.29 is 22.7 Å². The Bertz CT molecular complexity index is 1790.